The summed E-state index contributed by atoms with van der Waals surface area (Å²) in [6, 6.07) is 15.8. The molecule has 0 saturated heterocycles. The molecule has 2 aliphatic rings. The first-order chi connectivity index (χ1) is 14.6. The minimum absolute atomic E-state index is 0.168. The molecule has 5 rings (SSSR count). The number of ether oxygens (including phenoxy) is 1. The maximum Gasteiger partial charge on any atom is 0.274 e. The molecule has 148 valence electrons. The van der Waals surface area contributed by atoms with Crippen molar-refractivity contribution in [3.63, 3.8) is 0 Å². The number of amides is 1. The van der Waals surface area contributed by atoms with Crippen LogP contribution in [0.1, 0.15) is 16.1 Å². The number of benzene rings is 2. The third-order valence-corrected chi connectivity index (χ3v) is 5.37. The Hall–Kier alpha value is -3.86. The van der Waals surface area contributed by atoms with Gasteiger partial charge >= 0.3 is 0 Å². The van der Waals surface area contributed by atoms with Crippen LogP contribution in [0.4, 0.5) is 5.69 Å². The first-order valence-electron chi connectivity index (χ1n) is 9.84. The second-order valence-corrected chi connectivity index (χ2v) is 7.55. The molecular weight excluding hydrogens is 374 g/mol. The molecule has 1 N–H and O–H groups in total. The maximum atomic E-state index is 13.0. The standard InChI is InChI=1S/C25H21N3O2/c1-28(2)18-10-11-23-21(15-18)20-14-17(7-5-9-22(20)30-23)27-25(29)24-19-8-4-3-6-16(19)12-13-26-24/h3-15,22H,1-2H3,(H,27,29). The largest absolute Gasteiger partial charge is 0.481 e. The zero-order valence-electron chi connectivity index (χ0n) is 16.8. The van der Waals surface area contributed by atoms with Crippen LogP contribution < -0.4 is 15.0 Å². The molecule has 1 unspecified atom stereocenters. The number of nitrogens with one attached hydrogen (secondary N) is 1. The molecule has 5 nitrogen and oxygen atoms in total. The summed E-state index contributed by atoms with van der Waals surface area (Å²) in [6.07, 6.45) is 9.28. The minimum Gasteiger partial charge on any atom is -0.481 e. The molecular formula is C25H21N3O2. The monoisotopic (exact) mass is 395 g/mol. The van der Waals surface area contributed by atoms with Crippen LogP contribution in [0.25, 0.3) is 16.3 Å². The van der Waals surface area contributed by atoms with E-state index in [4.69, 9.17) is 4.74 Å². The Morgan fingerprint density at radius 3 is 2.87 bits per heavy atom. The average molecular weight is 395 g/mol. The summed E-state index contributed by atoms with van der Waals surface area (Å²) >= 11 is 0. The van der Waals surface area contributed by atoms with E-state index in [1.807, 2.05) is 80.9 Å². The molecule has 0 radical (unpaired) electrons. The van der Waals surface area contributed by atoms with E-state index >= 15 is 0 Å². The van der Waals surface area contributed by atoms with Crippen molar-refractivity contribution in [3.05, 3.63) is 96.0 Å². The van der Waals surface area contributed by atoms with E-state index in [1.54, 1.807) is 6.20 Å². The van der Waals surface area contributed by atoms with E-state index in [0.29, 0.717) is 11.4 Å². The van der Waals surface area contributed by atoms with Gasteiger partial charge in [0.2, 0.25) is 0 Å². The van der Waals surface area contributed by atoms with Gasteiger partial charge in [0.15, 0.2) is 0 Å². The van der Waals surface area contributed by atoms with Gasteiger partial charge in [0.05, 0.1) is 0 Å². The molecule has 1 atom stereocenters. The van der Waals surface area contributed by atoms with Gasteiger partial charge in [-0.1, -0.05) is 30.3 Å². The molecule has 1 amide bonds. The average Bonchev–Trinajstić information content (AvgIpc) is 2.97. The molecule has 2 heterocycles. The first kappa shape index (κ1) is 18.2. The minimum atomic E-state index is -0.233. The van der Waals surface area contributed by atoms with Gasteiger partial charge < -0.3 is 15.0 Å². The summed E-state index contributed by atoms with van der Waals surface area (Å²) < 4.78 is 6.09. The Morgan fingerprint density at radius 2 is 2.00 bits per heavy atom. The predicted octanol–water partition coefficient (Wildman–Crippen LogP) is 4.33. The highest BCUT2D eigenvalue weighted by Gasteiger charge is 2.28. The summed E-state index contributed by atoms with van der Waals surface area (Å²) in [6.45, 7) is 0. The molecule has 0 spiro atoms. The van der Waals surface area contributed by atoms with E-state index in [-0.39, 0.29) is 12.0 Å². The van der Waals surface area contributed by atoms with Gasteiger partial charge in [0, 0.05) is 48.2 Å². The normalized spacial score (nSPS) is 16.7. The summed E-state index contributed by atoms with van der Waals surface area (Å²) in [5.74, 6) is 0.618. The van der Waals surface area contributed by atoms with Crippen LogP contribution in [-0.4, -0.2) is 31.1 Å². The van der Waals surface area contributed by atoms with Crippen LogP contribution in [0.3, 0.4) is 0 Å². The Labute approximate surface area is 175 Å². The fourth-order valence-electron chi connectivity index (χ4n) is 3.83. The topological polar surface area (TPSA) is 54.5 Å². The van der Waals surface area contributed by atoms with Crippen LogP contribution in [0.5, 0.6) is 5.75 Å². The summed E-state index contributed by atoms with van der Waals surface area (Å²) in [4.78, 5) is 19.4. The molecule has 2 aromatic carbocycles. The smallest absolute Gasteiger partial charge is 0.274 e. The maximum absolute atomic E-state index is 13.0. The number of hydrogen-bond donors (Lipinski definition) is 1. The Kier molecular flexibility index (Phi) is 4.36. The SMILES string of the molecule is CN(C)c1ccc2c(c1)C1=CC(NC(=O)c3nccc4ccccc34)=CC=CC1O2. The lowest BCUT2D eigenvalue weighted by Gasteiger charge is -2.13. The number of carbonyl (C=O) groups excluding carboxylic acids is 1. The van der Waals surface area contributed by atoms with Crippen molar-refractivity contribution >= 4 is 27.9 Å². The zero-order valence-corrected chi connectivity index (χ0v) is 16.8. The highest BCUT2D eigenvalue weighted by molar-refractivity contribution is 6.06. The van der Waals surface area contributed by atoms with E-state index < -0.39 is 0 Å². The Balaban J connectivity index is 1.48. The number of anilines is 1. The van der Waals surface area contributed by atoms with Crippen molar-refractivity contribution < 1.29 is 9.53 Å². The summed E-state index contributed by atoms with van der Waals surface area (Å²) in [5, 5.41) is 4.83. The van der Waals surface area contributed by atoms with Crippen LogP contribution in [0.2, 0.25) is 0 Å². The number of allylic oxidation sites excluding steroid dienone is 3. The molecule has 0 bridgehead atoms. The molecule has 5 heteroatoms. The highest BCUT2D eigenvalue weighted by atomic mass is 16.5. The van der Waals surface area contributed by atoms with Crippen molar-refractivity contribution in [1.82, 2.24) is 10.3 Å². The number of rotatable bonds is 3. The van der Waals surface area contributed by atoms with Gasteiger partial charge in [-0.3, -0.25) is 9.78 Å². The van der Waals surface area contributed by atoms with Gasteiger partial charge in [0.1, 0.15) is 17.5 Å². The number of nitrogens with zero attached hydrogens (tertiary/aromatic N) is 2. The number of hydrogen-bond acceptors (Lipinski definition) is 4. The van der Waals surface area contributed by atoms with Gasteiger partial charge in [-0.2, -0.15) is 0 Å². The van der Waals surface area contributed by atoms with E-state index in [2.05, 4.69) is 21.3 Å². The van der Waals surface area contributed by atoms with Crippen LogP contribution in [0.15, 0.2) is 84.7 Å². The van der Waals surface area contributed by atoms with Gasteiger partial charge in [-0.15, -0.1) is 0 Å². The van der Waals surface area contributed by atoms with Gasteiger partial charge in [-0.05, 0) is 47.9 Å². The second-order valence-electron chi connectivity index (χ2n) is 7.55. The van der Waals surface area contributed by atoms with Gasteiger partial charge in [0.25, 0.3) is 5.91 Å². The summed E-state index contributed by atoms with van der Waals surface area (Å²) in [7, 11) is 4.03. The molecule has 1 aromatic heterocycles. The van der Waals surface area contributed by atoms with Crippen LogP contribution in [-0.2, 0) is 0 Å². The van der Waals surface area contributed by atoms with Crippen molar-refractivity contribution in [2.24, 2.45) is 0 Å². The predicted molar refractivity (Wildman–Crippen MR) is 120 cm³/mol. The molecule has 3 aromatic rings. The highest BCUT2D eigenvalue weighted by Crippen LogP contribution is 2.41. The number of carbonyl (C=O) groups is 1. The van der Waals surface area contributed by atoms with Gasteiger partial charge in [-0.25, -0.2) is 0 Å². The van der Waals surface area contributed by atoms with Crippen molar-refractivity contribution in [2.75, 3.05) is 19.0 Å². The molecule has 30 heavy (non-hydrogen) atoms. The zero-order chi connectivity index (χ0) is 20.7. The fraction of sp³-hybridized carbons (Fsp3) is 0.120. The lowest BCUT2D eigenvalue weighted by atomic mass is 10.0. The fourth-order valence-corrected chi connectivity index (χ4v) is 3.83. The Bertz CT molecular complexity index is 1250. The van der Waals surface area contributed by atoms with Crippen molar-refractivity contribution in [2.45, 2.75) is 6.10 Å². The van der Waals surface area contributed by atoms with E-state index in [1.165, 1.54) is 0 Å². The first-order valence-corrected chi connectivity index (χ1v) is 9.84. The third-order valence-electron chi connectivity index (χ3n) is 5.37. The lowest BCUT2D eigenvalue weighted by molar-refractivity contribution is 0.0964. The number of aromatic nitrogens is 1. The summed E-state index contributed by atoms with van der Waals surface area (Å²) in [5.41, 5.74) is 4.29. The molecule has 1 aliphatic carbocycles. The second kappa shape index (κ2) is 7.19. The van der Waals surface area contributed by atoms with Crippen LogP contribution in [0, 0.1) is 0 Å². The quantitative estimate of drug-likeness (QED) is 0.717. The molecule has 0 saturated carbocycles. The van der Waals surface area contributed by atoms with Crippen LogP contribution >= 0.6 is 0 Å². The third kappa shape index (κ3) is 3.14. The van der Waals surface area contributed by atoms with Crippen molar-refractivity contribution in [1.29, 1.82) is 0 Å². The van der Waals surface area contributed by atoms with Crippen molar-refractivity contribution in [3.8, 4) is 5.75 Å². The number of fused-ring (bicyclic) bond motifs is 4. The van der Waals surface area contributed by atoms with E-state index in [9.17, 15) is 4.79 Å². The lowest BCUT2D eigenvalue weighted by Crippen LogP contribution is -2.23. The Morgan fingerprint density at radius 1 is 1.13 bits per heavy atom. The number of pyridine rings is 1. The molecule has 0 fully saturated rings. The molecule has 1 aliphatic heterocycles. The van der Waals surface area contributed by atoms with E-state index in [0.717, 1.165) is 33.3 Å².